The SMILES string of the molecule is Cc1cc(/C=C(\C#N)c2nc3ccccc3[nH]2)c(C)n1Cc1ccco1. The average Bonchev–Trinajstić information content (AvgIpc) is 3.35. The molecule has 0 saturated heterocycles. The van der Waals surface area contributed by atoms with Gasteiger partial charge in [0.15, 0.2) is 0 Å². The molecular formula is C21H18N4O. The van der Waals surface area contributed by atoms with Crippen LogP contribution in [0.2, 0.25) is 0 Å². The summed E-state index contributed by atoms with van der Waals surface area (Å²) in [5.74, 6) is 1.49. The minimum absolute atomic E-state index is 0.513. The quantitative estimate of drug-likeness (QED) is 0.547. The van der Waals surface area contributed by atoms with Gasteiger partial charge in [-0.05, 0) is 55.8 Å². The number of furan rings is 1. The molecule has 0 aliphatic rings. The van der Waals surface area contributed by atoms with Gasteiger partial charge >= 0.3 is 0 Å². The van der Waals surface area contributed by atoms with Crippen LogP contribution in [0.15, 0.2) is 53.1 Å². The summed E-state index contributed by atoms with van der Waals surface area (Å²) in [4.78, 5) is 7.75. The van der Waals surface area contributed by atoms with E-state index in [4.69, 9.17) is 4.42 Å². The second kappa shape index (κ2) is 6.41. The number of hydrogen-bond acceptors (Lipinski definition) is 3. The number of aryl methyl sites for hydroxylation is 1. The van der Waals surface area contributed by atoms with Crippen molar-refractivity contribution in [2.45, 2.75) is 20.4 Å². The monoisotopic (exact) mass is 342 g/mol. The van der Waals surface area contributed by atoms with Crippen LogP contribution in [0.5, 0.6) is 0 Å². The van der Waals surface area contributed by atoms with Gasteiger partial charge in [-0.15, -0.1) is 0 Å². The average molecular weight is 342 g/mol. The zero-order valence-corrected chi connectivity index (χ0v) is 14.7. The first kappa shape index (κ1) is 16.0. The van der Waals surface area contributed by atoms with Crippen molar-refractivity contribution in [1.29, 1.82) is 5.26 Å². The maximum Gasteiger partial charge on any atom is 0.149 e. The van der Waals surface area contributed by atoms with E-state index in [1.54, 1.807) is 6.26 Å². The molecule has 0 fully saturated rings. The fraction of sp³-hybridized carbons (Fsp3) is 0.143. The fourth-order valence-corrected chi connectivity index (χ4v) is 3.16. The van der Waals surface area contributed by atoms with Crippen LogP contribution in [-0.4, -0.2) is 14.5 Å². The molecule has 5 nitrogen and oxygen atoms in total. The first-order valence-electron chi connectivity index (χ1n) is 8.42. The van der Waals surface area contributed by atoms with Gasteiger partial charge in [-0.2, -0.15) is 5.26 Å². The number of allylic oxidation sites excluding steroid dienone is 1. The maximum absolute atomic E-state index is 9.64. The third-order valence-electron chi connectivity index (χ3n) is 4.57. The highest BCUT2D eigenvalue weighted by Crippen LogP contribution is 2.23. The van der Waals surface area contributed by atoms with Crippen LogP contribution in [0, 0.1) is 25.2 Å². The van der Waals surface area contributed by atoms with Gasteiger partial charge < -0.3 is 14.0 Å². The molecule has 1 N–H and O–H groups in total. The largest absolute Gasteiger partial charge is 0.467 e. The van der Waals surface area contributed by atoms with Crippen LogP contribution < -0.4 is 0 Å². The van der Waals surface area contributed by atoms with Crippen LogP contribution >= 0.6 is 0 Å². The molecule has 0 bridgehead atoms. The van der Waals surface area contributed by atoms with Crippen LogP contribution in [0.4, 0.5) is 0 Å². The van der Waals surface area contributed by atoms with Gasteiger partial charge in [0, 0.05) is 11.4 Å². The molecule has 0 aliphatic carbocycles. The molecule has 3 aromatic heterocycles. The number of nitrogens with zero attached hydrogens (tertiary/aromatic N) is 3. The molecule has 26 heavy (non-hydrogen) atoms. The topological polar surface area (TPSA) is 70.5 Å². The van der Waals surface area contributed by atoms with Crippen LogP contribution in [0.1, 0.15) is 28.5 Å². The number of nitrogens with one attached hydrogen (secondary N) is 1. The summed E-state index contributed by atoms with van der Waals surface area (Å²) in [7, 11) is 0. The fourth-order valence-electron chi connectivity index (χ4n) is 3.16. The van der Waals surface area contributed by atoms with Gasteiger partial charge in [-0.25, -0.2) is 4.98 Å². The molecule has 0 saturated carbocycles. The number of H-pyrrole nitrogens is 1. The Bertz CT molecular complexity index is 1100. The summed E-state index contributed by atoms with van der Waals surface area (Å²) in [5, 5.41) is 9.64. The van der Waals surface area contributed by atoms with Crippen LogP contribution in [0.3, 0.4) is 0 Å². The Kier molecular flexibility index (Phi) is 3.94. The van der Waals surface area contributed by atoms with E-state index in [0.29, 0.717) is 17.9 Å². The minimum Gasteiger partial charge on any atom is -0.467 e. The zero-order valence-electron chi connectivity index (χ0n) is 14.7. The Morgan fingerprint density at radius 2 is 2.12 bits per heavy atom. The van der Waals surface area contributed by atoms with Crippen molar-refractivity contribution in [1.82, 2.24) is 14.5 Å². The minimum atomic E-state index is 0.513. The van der Waals surface area contributed by atoms with E-state index in [0.717, 1.165) is 33.7 Å². The number of nitriles is 1. The summed E-state index contributed by atoms with van der Waals surface area (Å²) in [6, 6.07) is 16.0. The lowest BCUT2D eigenvalue weighted by Crippen LogP contribution is -2.02. The molecule has 128 valence electrons. The lowest BCUT2D eigenvalue weighted by Gasteiger charge is -2.07. The molecular weight excluding hydrogens is 324 g/mol. The van der Waals surface area contributed by atoms with Crippen molar-refractivity contribution in [3.05, 3.63) is 77.3 Å². The first-order chi connectivity index (χ1) is 12.7. The molecule has 0 atom stereocenters. The summed E-state index contributed by atoms with van der Waals surface area (Å²) >= 11 is 0. The Labute approximate surface area is 151 Å². The Morgan fingerprint density at radius 3 is 2.85 bits per heavy atom. The number of aromatic nitrogens is 3. The molecule has 0 amide bonds. The van der Waals surface area contributed by atoms with Crippen molar-refractivity contribution in [2.24, 2.45) is 0 Å². The predicted octanol–water partition coefficient (Wildman–Crippen LogP) is 4.69. The van der Waals surface area contributed by atoms with Gasteiger partial charge in [0.2, 0.25) is 0 Å². The molecule has 4 aromatic rings. The lowest BCUT2D eigenvalue weighted by molar-refractivity contribution is 0.489. The molecule has 4 rings (SSSR count). The van der Waals surface area contributed by atoms with E-state index < -0.39 is 0 Å². The van der Waals surface area contributed by atoms with Gasteiger partial charge in [-0.1, -0.05) is 12.1 Å². The van der Waals surface area contributed by atoms with Crippen molar-refractivity contribution >= 4 is 22.7 Å². The maximum atomic E-state index is 9.64. The lowest BCUT2D eigenvalue weighted by atomic mass is 10.1. The summed E-state index contributed by atoms with van der Waals surface area (Å²) in [5.41, 5.74) is 5.50. The molecule has 0 unspecified atom stereocenters. The number of para-hydroxylation sites is 2. The summed E-state index contributed by atoms with van der Waals surface area (Å²) in [6.45, 7) is 4.78. The second-order valence-corrected chi connectivity index (χ2v) is 6.26. The van der Waals surface area contributed by atoms with Crippen molar-refractivity contribution < 1.29 is 4.42 Å². The summed E-state index contributed by atoms with van der Waals surface area (Å²) in [6.07, 6.45) is 3.57. The number of rotatable bonds is 4. The van der Waals surface area contributed by atoms with E-state index in [1.807, 2.05) is 42.5 Å². The standard InChI is InChI=1S/C21H18N4O/c1-14-10-16(15(2)25(14)13-18-6-5-9-26-18)11-17(12-22)21-23-19-7-3-4-8-20(19)24-21/h3-11H,13H2,1-2H3,(H,23,24)/b17-11+. The number of aromatic amines is 1. The molecule has 5 heteroatoms. The number of fused-ring (bicyclic) bond motifs is 1. The first-order valence-corrected chi connectivity index (χ1v) is 8.42. The van der Waals surface area contributed by atoms with Crippen molar-refractivity contribution in [2.75, 3.05) is 0 Å². The van der Waals surface area contributed by atoms with Gasteiger partial charge in [0.05, 0.1) is 29.4 Å². The highest BCUT2D eigenvalue weighted by atomic mass is 16.3. The third kappa shape index (κ3) is 2.82. The normalized spacial score (nSPS) is 11.8. The Balaban J connectivity index is 1.73. The number of hydrogen-bond donors (Lipinski definition) is 1. The van der Waals surface area contributed by atoms with Gasteiger partial charge in [0.1, 0.15) is 17.7 Å². The number of imidazole rings is 1. The van der Waals surface area contributed by atoms with Crippen LogP contribution in [-0.2, 0) is 6.54 Å². The van der Waals surface area contributed by atoms with E-state index in [1.165, 1.54) is 0 Å². The Morgan fingerprint density at radius 1 is 1.27 bits per heavy atom. The zero-order chi connectivity index (χ0) is 18.1. The number of benzene rings is 1. The van der Waals surface area contributed by atoms with E-state index >= 15 is 0 Å². The van der Waals surface area contributed by atoms with Gasteiger partial charge in [-0.3, -0.25) is 0 Å². The summed E-state index contributed by atoms with van der Waals surface area (Å²) < 4.78 is 7.64. The molecule has 0 spiro atoms. The van der Waals surface area contributed by atoms with E-state index in [9.17, 15) is 5.26 Å². The molecule has 0 aliphatic heterocycles. The van der Waals surface area contributed by atoms with E-state index in [-0.39, 0.29) is 0 Å². The highest BCUT2D eigenvalue weighted by Gasteiger charge is 2.12. The van der Waals surface area contributed by atoms with Gasteiger partial charge in [0.25, 0.3) is 0 Å². The van der Waals surface area contributed by atoms with Crippen molar-refractivity contribution in [3.63, 3.8) is 0 Å². The predicted molar refractivity (Wildman–Crippen MR) is 101 cm³/mol. The molecule has 3 heterocycles. The Hall–Kier alpha value is -3.52. The second-order valence-electron chi connectivity index (χ2n) is 6.26. The highest BCUT2D eigenvalue weighted by molar-refractivity contribution is 5.90. The molecule has 0 radical (unpaired) electrons. The van der Waals surface area contributed by atoms with Crippen LogP contribution in [0.25, 0.3) is 22.7 Å². The van der Waals surface area contributed by atoms with E-state index in [2.05, 4.69) is 40.5 Å². The third-order valence-corrected chi connectivity index (χ3v) is 4.57. The van der Waals surface area contributed by atoms with Crippen molar-refractivity contribution in [3.8, 4) is 6.07 Å². The smallest absolute Gasteiger partial charge is 0.149 e. The molecule has 1 aromatic carbocycles.